The average Bonchev–Trinajstić information content (AvgIpc) is 2.91. The molecule has 1 N–H and O–H groups in total. The van der Waals surface area contributed by atoms with Crippen molar-refractivity contribution in [1.29, 1.82) is 10.5 Å². The van der Waals surface area contributed by atoms with Crippen LogP contribution >= 0.6 is 23.1 Å². The first-order valence-electron chi connectivity index (χ1n) is 6.62. The summed E-state index contributed by atoms with van der Waals surface area (Å²) in [6, 6.07) is 11.6. The van der Waals surface area contributed by atoms with E-state index in [-0.39, 0.29) is 5.15 Å². The Labute approximate surface area is 137 Å². The first-order valence-corrected chi connectivity index (χ1v) is 7.77. The van der Waals surface area contributed by atoms with Gasteiger partial charge in [-0.15, -0.1) is 0 Å². The molecular weight excluding hydrogens is 320 g/mol. The molecular formula is C15H13ClN4OS. The molecule has 1 heterocycles. The number of hydrogen-bond acceptors (Lipinski definition) is 6. The fourth-order valence-electron chi connectivity index (χ4n) is 1.76. The summed E-state index contributed by atoms with van der Waals surface area (Å²) in [5, 5.41) is 22.0. The Kier molecular flexibility index (Phi) is 5.60. The van der Waals surface area contributed by atoms with Gasteiger partial charge in [-0.2, -0.15) is 14.9 Å². The molecule has 1 aromatic heterocycles. The Hall–Kier alpha value is -2.28. The summed E-state index contributed by atoms with van der Waals surface area (Å²) in [4.78, 5) is 0. The number of halogens is 1. The maximum atomic E-state index is 9.02. The molecule has 0 spiro atoms. The number of benzene rings is 1. The van der Waals surface area contributed by atoms with Crippen molar-refractivity contribution in [2.24, 2.45) is 0 Å². The highest BCUT2D eigenvalue weighted by Gasteiger charge is 2.11. The minimum absolute atomic E-state index is 0.215. The second-order valence-corrected chi connectivity index (χ2v) is 5.57. The third kappa shape index (κ3) is 3.88. The maximum Gasteiger partial charge on any atom is 0.184 e. The minimum Gasteiger partial charge on any atom is -0.476 e. The van der Waals surface area contributed by atoms with Gasteiger partial charge in [0.15, 0.2) is 11.3 Å². The predicted octanol–water partition coefficient (Wildman–Crippen LogP) is 3.96. The number of nitrogens with zero attached hydrogens (tertiary/aromatic N) is 3. The van der Waals surface area contributed by atoms with Gasteiger partial charge in [-0.1, -0.05) is 30.7 Å². The molecule has 112 valence electrons. The topological polar surface area (TPSA) is 81.7 Å². The zero-order valence-corrected chi connectivity index (χ0v) is 13.4. The molecule has 0 aliphatic rings. The van der Waals surface area contributed by atoms with Crippen LogP contribution in [-0.4, -0.2) is 10.5 Å². The van der Waals surface area contributed by atoms with Crippen LogP contribution < -0.4 is 10.1 Å². The Morgan fingerprint density at radius 2 is 2.27 bits per heavy atom. The molecule has 2 aromatic rings. The van der Waals surface area contributed by atoms with E-state index in [1.54, 1.807) is 0 Å². The van der Waals surface area contributed by atoms with Gasteiger partial charge in [-0.25, -0.2) is 0 Å². The molecule has 5 nitrogen and oxygen atoms in total. The van der Waals surface area contributed by atoms with E-state index in [2.05, 4.69) is 15.8 Å². The molecule has 7 heteroatoms. The fraction of sp³-hybridized carbons (Fsp3) is 0.267. The largest absolute Gasteiger partial charge is 0.476 e. The number of nitriles is 2. The van der Waals surface area contributed by atoms with E-state index in [9.17, 15) is 0 Å². The van der Waals surface area contributed by atoms with Crippen molar-refractivity contribution >= 4 is 28.1 Å². The van der Waals surface area contributed by atoms with Crippen LogP contribution in [0, 0.1) is 22.7 Å². The molecule has 1 aromatic carbocycles. The molecule has 0 amide bonds. The van der Waals surface area contributed by atoms with E-state index < -0.39 is 6.10 Å². The molecule has 0 saturated carbocycles. The van der Waals surface area contributed by atoms with Crippen LogP contribution in [0.1, 0.15) is 24.5 Å². The van der Waals surface area contributed by atoms with Gasteiger partial charge in [0.2, 0.25) is 0 Å². The van der Waals surface area contributed by atoms with Gasteiger partial charge in [0.25, 0.3) is 0 Å². The SMILES string of the molecule is CCC(C#N)Oc1cccc(CNc2snc(Cl)c2C#N)c1. The lowest BCUT2D eigenvalue weighted by atomic mass is 10.2. The summed E-state index contributed by atoms with van der Waals surface area (Å²) in [7, 11) is 0. The molecule has 0 aliphatic carbocycles. The summed E-state index contributed by atoms with van der Waals surface area (Å²) in [6.45, 7) is 2.41. The standard InChI is InChI=1S/C15H13ClN4OS/c1-2-11(7-17)21-12-5-3-4-10(6-12)9-19-15-13(8-18)14(16)20-22-15/h3-6,11,19H,2,9H2,1H3. The van der Waals surface area contributed by atoms with Gasteiger partial charge in [0.1, 0.15) is 28.5 Å². The van der Waals surface area contributed by atoms with Crippen molar-refractivity contribution in [1.82, 2.24) is 4.37 Å². The highest BCUT2D eigenvalue weighted by Crippen LogP contribution is 2.28. The number of hydrogen-bond donors (Lipinski definition) is 1. The number of anilines is 1. The van der Waals surface area contributed by atoms with Gasteiger partial charge >= 0.3 is 0 Å². The lowest BCUT2D eigenvalue weighted by Gasteiger charge is -2.11. The van der Waals surface area contributed by atoms with Crippen LogP contribution in [0.2, 0.25) is 5.15 Å². The molecule has 22 heavy (non-hydrogen) atoms. The summed E-state index contributed by atoms with van der Waals surface area (Å²) in [6.07, 6.45) is 0.179. The summed E-state index contributed by atoms with van der Waals surface area (Å²) in [5.41, 5.74) is 1.33. The van der Waals surface area contributed by atoms with Crippen LogP contribution in [0.3, 0.4) is 0 Å². The molecule has 0 aliphatic heterocycles. The molecule has 0 fully saturated rings. The summed E-state index contributed by atoms with van der Waals surface area (Å²) < 4.78 is 9.52. The van der Waals surface area contributed by atoms with Crippen molar-refractivity contribution in [2.45, 2.75) is 26.0 Å². The van der Waals surface area contributed by atoms with E-state index in [1.807, 2.05) is 37.3 Å². The number of aromatic nitrogens is 1. The zero-order valence-electron chi connectivity index (χ0n) is 11.8. The Bertz CT molecular complexity index is 732. The lowest BCUT2D eigenvalue weighted by Crippen LogP contribution is -2.12. The molecule has 0 radical (unpaired) electrons. The van der Waals surface area contributed by atoms with Crippen molar-refractivity contribution in [3.8, 4) is 17.9 Å². The Balaban J connectivity index is 2.05. The van der Waals surface area contributed by atoms with Gasteiger partial charge in [-0.3, -0.25) is 0 Å². The van der Waals surface area contributed by atoms with E-state index >= 15 is 0 Å². The second-order valence-electron chi connectivity index (χ2n) is 4.43. The van der Waals surface area contributed by atoms with Crippen molar-refractivity contribution < 1.29 is 4.74 Å². The third-order valence-electron chi connectivity index (χ3n) is 2.91. The zero-order chi connectivity index (χ0) is 15.9. The first-order chi connectivity index (χ1) is 10.7. The second kappa shape index (κ2) is 7.65. The predicted molar refractivity (Wildman–Crippen MR) is 85.9 cm³/mol. The maximum absolute atomic E-state index is 9.02. The molecule has 1 atom stereocenters. The van der Waals surface area contributed by atoms with Gasteiger partial charge < -0.3 is 10.1 Å². The quantitative estimate of drug-likeness (QED) is 0.865. The van der Waals surface area contributed by atoms with Crippen LogP contribution in [0.25, 0.3) is 0 Å². The van der Waals surface area contributed by atoms with Crippen molar-refractivity contribution in [3.05, 3.63) is 40.5 Å². The number of rotatable bonds is 6. The van der Waals surface area contributed by atoms with Crippen molar-refractivity contribution in [3.63, 3.8) is 0 Å². The smallest absolute Gasteiger partial charge is 0.184 e. The van der Waals surface area contributed by atoms with E-state index in [1.165, 1.54) is 0 Å². The molecule has 0 saturated heterocycles. The lowest BCUT2D eigenvalue weighted by molar-refractivity contribution is 0.251. The minimum atomic E-state index is -0.450. The molecule has 0 bridgehead atoms. The number of nitrogens with one attached hydrogen (secondary N) is 1. The summed E-state index contributed by atoms with van der Waals surface area (Å²) >= 11 is 6.98. The Morgan fingerprint density at radius 3 is 2.95 bits per heavy atom. The van der Waals surface area contributed by atoms with Crippen LogP contribution in [0.4, 0.5) is 5.00 Å². The van der Waals surface area contributed by atoms with Gasteiger partial charge in [0, 0.05) is 6.54 Å². The van der Waals surface area contributed by atoms with Gasteiger partial charge in [-0.05, 0) is 35.6 Å². The fourth-order valence-corrected chi connectivity index (χ4v) is 2.69. The van der Waals surface area contributed by atoms with E-state index in [4.69, 9.17) is 26.9 Å². The monoisotopic (exact) mass is 332 g/mol. The van der Waals surface area contributed by atoms with Gasteiger partial charge in [0.05, 0.1) is 0 Å². The third-order valence-corrected chi connectivity index (χ3v) is 4.09. The normalized spacial score (nSPS) is 11.3. The molecule has 1 unspecified atom stereocenters. The Morgan fingerprint density at radius 1 is 1.45 bits per heavy atom. The van der Waals surface area contributed by atoms with Crippen LogP contribution in [0.5, 0.6) is 5.75 Å². The van der Waals surface area contributed by atoms with Crippen LogP contribution in [0.15, 0.2) is 24.3 Å². The molecule has 2 rings (SSSR count). The first kappa shape index (κ1) is 16.1. The number of ether oxygens (including phenoxy) is 1. The van der Waals surface area contributed by atoms with E-state index in [0.29, 0.717) is 29.3 Å². The van der Waals surface area contributed by atoms with E-state index in [0.717, 1.165) is 17.1 Å². The van der Waals surface area contributed by atoms with Crippen molar-refractivity contribution in [2.75, 3.05) is 5.32 Å². The average molecular weight is 333 g/mol. The summed E-state index contributed by atoms with van der Waals surface area (Å²) in [5.74, 6) is 0.649. The van der Waals surface area contributed by atoms with Crippen LogP contribution in [-0.2, 0) is 6.54 Å². The highest BCUT2D eigenvalue weighted by atomic mass is 35.5. The highest BCUT2D eigenvalue weighted by molar-refractivity contribution is 7.10.